The maximum absolute atomic E-state index is 13.2. The lowest BCUT2D eigenvalue weighted by atomic mass is 10.2. The van der Waals surface area contributed by atoms with Crippen molar-refractivity contribution in [2.24, 2.45) is 0 Å². The Morgan fingerprint density at radius 1 is 1.29 bits per heavy atom. The van der Waals surface area contributed by atoms with Crippen LogP contribution >= 0.6 is 15.9 Å². The van der Waals surface area contributed by atoms with Gasteiger partial charge in [-0.05, 0) is 64.3 Å². The summed E-state index contributed by atoms with van der Waals surface area (Å²) in [7, 11) is 0. The molecule has 0 aliphatic heterocycles. The number of carbonyl (C=O) groups is 1. The van der Waals surface area contributed by atoms with Gasteiger partial charge in [0.15, 0.2) is 11.5 Å². The summed E-state index contributed by atoms with van der Waals surface area (Å²) >= 11 is 3.40. The van der Waals surface area contributed by atoms with E-state index in [0.717, 1.165) is 6.08 Å². The Labute approximate surface area is 147 Å². The minimum Gasteiger partial charge on any atom is -0.490 e. The summed E-state index contributed by atoms with van der Waals surface area (Å²) in [5.41, 5.74) is 1.35. The summed E-state index contributed by atoms with van der Waals surface area (Å²) in [6.45, 7) is 2.44. The Morgan fingerprint density at radius 3 is 2.75 bits per heavy atom. The van der Waals surface area contributed by atoms with Gasteiger partial charge in [0.25, 0.3) is 0 Å². The molecule has 0 unspecified atom stereocenters. The fraction of sp³-hybridized carbons (Fsp3) is 0.167. The summed E-state index contributed by atoms with van der Waals surface area (Å²) in [4.78, 5) is 10.6. The number of carboxylic acids is 1. The number of hydrogen-bond acceptors (Lipinski definition) is 3. The lowest BCUT2D eigenvalue weighted by Gasteiger charge is -2.15. The van der Waals surface area contributed by atoms with Crippen molar-refractivity contribution in [2.75, 3.05) is 6.61 Å². The van der Waals surface area contributed by atoms with Gasteiger partial charge >= 0.3 is 5.97 Å². The van der Waals surface area contributed by atoms with Crippen molar-refractivity contribution in [1.29, 1.82) is 0 Å². The molecule has 126 valence electrons. The van der Waals surface area contributed by atoms with E-state index in [1.807, 2.05) is 6.92 Å². The van der Waals surface area contributed by atoms with Crippen LogP contribution in [0.25, 0.3) is 6.08 Å². The lowest BCUT2D eigenvalue weighted by molar-refractivity contribution is -0.131. The first-order chi connectivity index (χ1) is 11.5. The molecule has 4 nitrogen and oxygen atoms in total. The molecule has 2 rings (SSSR count). The third-order valence-corrected chi connectivity index (χ3v) is 3.61. The zero-order chi connectivity index (χ0) is 17.5. The number of rotatable bonds is 7. The summed E-state index contributed by atoms with van der Waals surface area (Å²) in [6.07, 6.45) is 2.51. The monoisotopic (exact) mass is 394 g/mol. The highest BCUT2D eigenvalue weighted by Crippen LogP contribution is 2.37. The minimum absolute atomic E-state index is 0.181. The third-order valence-electron chi connectivity index (χ3n) is 3.02. The zero-order valence-corrected chi connectivity index (χ0v) is 14.5. The number of ether oxygens (including phenoxy) is 2. The van der Waals surface area contributed by atoms with E-state index >= 15 is 0 Å². The fourth-order valence-corrected chi connectivity index (χ4v) is 2.61. The second kappa shape index (κ2) is 8.49. The van der Waals surface area contributed by atoms with Crippen LogP contribution in [0, 0.1) is 5.82 Å². The number of carboxylic acid groups (broad SMARTS) is 1. The molecule has 0 atom stereocenters. The molecular formula is C18H16BrFO4. The van der Waals surface area contributed by atoms with Gasteiger partial charge in [0, 0.05) is 6.08 Å². The summed E-state index contributed by atoms with van der Waals surface area (Å²) in [6, 6.07) is 9.57. The van der Waals surface area contributed by atoms with Gasteiger partial charge in [0.2, 0.25) is 0 Å². The SMILES string of the molecule is CCOc1cc(C=CC(=O)O)cc(Br)c1OCc1cccc(F)c1. The maximum Gasteiger partial charge on any atom is 0.328 e. The molecule has 0 aromatic heterocycles. The first kappa shape index (κ1) is 18.0. The van der Waals surface area contributed by atoms with Crippen molar-refractivity contribution in [1.82, 2.24) is 0 Å². The molecule has 0 saturated carbocycles. The standard InChI is InChI=1S/C18H16BrFO4/c1-2-23-16-10-12(6-7-17(21)22)9-15(19)18(16)24-11-13-4-3-5-14(20)8-13/h3-10H,2,11H2,1H3,(H,21,22). The molecule has 0 spiro atoms. The van der Waals surface area contributed by atoms with Crippen molar-refractivity contribution in [3.63, 3.8) is 0 Å². The number of benzene rings is 2. The highest BCUT2D eigenvalue weighted by molar-refractivity contribution is 9.10. The summed E-state index contributed by atoms with van der Waals surface area (Å²) in [5, 5.41) is 8.72. The quantitative estimate of drug-likeness (QED) is 0.693. The van der Waals surface area contributed by atoms with Gasteiger partial charge in [-0.25, -0.2) is 9.18 Å². The van der Waals surface area contributed by atoms with Crippen molar-refractivity contribution in [3.05, 3.63) is 63.9 Å². The van der Waals surface area contributed by atoms with Gasteiger partial charge in [0.1, 0.15) is 12.4 Å². The molecule has 2 aromatic rings. The van der Waals surface area contributed by atoms with Gasteiger partial charge < -0.3 is 14.6 Å². The van der Waals surface area contributed by atoms with E-state index in [2.05, 4.69) is 15.9 Å². The lowest BCUT2D eigenvalue weighted by Crippen LogP contribution is -2.01. The summed E-state index contributed by atoms with van der Waals surface area (Å²) in [5.74, 6) is -0.397. The molecule has 0 amide bonds. The largest absolute Gasteiger partial charge is 0.490 e. The molecule has 0 fully saturated rings. The van der Waals surface area contributed by atoms with Gasteiger partial charge in [-0.3, -0.25) is 0 Å². The smallest absolute Gasteiger partial charge is 0.328 e. The number of hydrogen-bond donors (Lipinski definition) is 1. The Bertz CT molecular complexity index is 759. The van der Waals surface area contributed by atoms with Gasteiger partial charge in [0.05, 0.1) is 11.1 Å². The van der Waals surface area contributed by atoms with E-state index < -0.39 is 5.97 Å². The van der Waals surface area contributed by atoms with Crippen LogP contribution in [-0.2, 0) is 11.4 Å². The molecule has 1 N–H and O–H groups in total. The molecular weight excluding hydrogens is 379 g/mol. The Morgan fingerprint density at radius 2 is 2.08 bits per heavy atom. The maximum atomic E-state index is 13.2. The minimum atomic E-state index is -1.03. The molecule has 0 aliphatic carbocycles. The average molecular weight is 395 g/mol. The Hall–Kier alpha value is -2.34. The van der Waals surface area contributed by atoms with E-state index in [0.29, 0.717) is 33.7 Å². The molecule has 0 radical (unpaired) electrons. The van der Waals surface area contributed by atoms with Crippen LogP contribution in [0.15, 0.2) is 46.9 Å². The predicted octanol–water partition coefficient (Wildman–Crippen LogP) is 4.66. The third kappa shape index (κ3) is 5.09. The van der Waals surface area contributed by atoms with Crippen LogP contribution in [0.3, 0.4) is 0 Å². The van der Waals surface area contributed by atoms with E-state index in [4.69, 9.17) is 14.6 Å². The summed E-state index contributed by atoms with van der Waals surface area (Å²) < 4.78 is 25.2. The van der Waals surface area contributed by atoms with Crippen LogP contribution in [0.4, 0.5) is 4.39 Å². The first-order valence-electron chi connectivity index (χ1n) is 7.24. The first-order valence-corrected chi connectivity index (χ1v) is 8.03. The zero-order valence-electron chi connectivity index (χ0n) is 13.0. The Kier molecular flexibility index (Phi) is 6.37. The van der Waals surface area contributed by atoms with E-state index in [9.17, 15) is 9.18 Å². The van der Waals surface area contributed by atoms with Crippen molar-refractivity contribution < 1.29 is 23.8 Å². The molecule has 0 heterocycles. The Balaban J connectivity index is 2.25. The highest BCUT2D eigenvalue weighted by atomic mass is 79.9. The van der Waals surface area contributed by atoms with E-state index in [-0.39, 0.29) is 12.4 Å². The molecule has 2 aromatic carbocycles. The van der Waals surface area contributed by atoms with Crippen molar-refractivity contribution in [2.45, 2.75) is 13.5 Å². The normalized spacial score (nSPS) is 10.8. The molecule has 24 heavy (non-hydrogen) atoms. The van der Waals surface area contributed by atoms with Crippen molar-refractivity contribution >= 4 is 28.0 Å². The fourth-order valence-electron chi connectivity index (χ4n) is 2.04. The topological polar surface area (TPSA) is 55.8 Å². The van der Waals surface area contributed by atoms with Crippen LogP contribution in [0.5, 0.6) is 11.5 Å². The van der Waals surface area contributed by atoms with Crippen LogP contribution in [-0.4, -0.2) is 17.7 Å². The van der Waals surface area contributed by atoms with E-state index in [1.54, 1.807) is 24.3 Å². The van der Waals surface area contributed by atoms with Crippen molar-refractivity contribution in [3.8, 4) is 11.5 Å². The second-order valence-corrected chi connectivity index (χ2v) is 5.71. The molecule has 0 bridgehead atoms. The van der Waals surface area contributed by atoms with Gasteiger partial charge in [-0.1, -0.05) is 12.1 Å². The number of halogens is 2. The second-order valence-electron chi connectivity index (χ2n) is 4.85. The molecule has 6 heteroatoms. The van der Waals surface area contributed by atoms with E-state index in [1.165, 1.54) is 18.2 Å². The van der Waals surface area contributed by atoms with Gasteiger partial charge in [-0.2, -0.15) is 0 Å². The molecule has 0 saturated heterocycles. The number of aliphatic carboxylic acids is 1. The predicted molar refractivity (Wildman–Crippen MR) is 92.7 cm³/mol. The van der Waals surface area contributed by atoms with Crippen LogP contribution in [0.2, 0.25) is 0 Å². The van der Waals surface area contributed by atoms with Crippen LogP contribution in [0.1, 0.15) is 18.1 Å². The highest BCUT2D eigenvalue weighted by Gasteiger charge is 2.12. The van der Waals surface area contributed by atoms with Crippen LogP contribution < -0.4 is 9.47 Å². The molecule has 0 aliphatic rings. The average Bonchev–Trinajstić information content (AvgIpc) is 2.52. The van der Waals surface area contributed by atoms with Gasteiger partial charge in [-0.15, -0.1) is 0 Å².